The second-order valence-corrected chi connectivity index (χ2v) is 5.14. The minimum Gasteiger partial charge on any atom is -0.480 e. The van der Waals surface area contributed by atoms with Gasteiger partial charge in [-0.25, -0.2) is 9.18 Å². The smallest absolute Gasteiger partial charge is 0.327 e. The lowest BCUT2D eigenvalue weighted by atomic mass is 10.1. The molecule has 1 aromatic rings. The molecule has 96 valence electrons. The minimum absolute atomic E-state index is 0.153. The number of hydrogen-bond acceptors (Lipinski definition) is 3. The molecule has 1 amide bonds. The summed E-state index contributed by atoms with van der Waals surface area (Å²) >= 11 is 6.92. The Morgan fingerprint density at radius 2 is 2.22 bits per heavy atom. The van der Waals surface area contributed by atoms with Gasteiger partial charge in [0, 0.05) is 5.75 Å². The van der Waals surface area contributed by atoms with E-state index in [1.54, 1.807) is 0 Å². The maximum absolute atomic E-state index is 13.7. The number of aliphatic carboxylic acids is 1. The topological polar surface area (TPSA) is 57.6 Å². The van der Waals surface area contributed by atoms with Gasteiger partial charge in [-0.1, -0.05) is 17.7 Å². The molecule has 0 bridgehead atoms. The van der Waals surface area contributed by atoms with Crippen LogP contribution in [0.4, 0.5) is 4.39 Å². The van der Waals surface area contributed by atoms with Gasteiger partial charge < -0.3 is 10.0 Å². The Morgan fingerprint density at radius 3 is 2.89 bits per heavy atom. The molecule has 2 rings (SSSR count). The van der Waals surface area contributed by atoms with Crippen molar-refractivity contribution in [1.82, 2.24) is 4.90 Å². The predicted octanol–water partition coefficient (Wildman–Crippen LogP) is 2.08. The van der Waals surface area contributed by atoms with Crippen LogP contribution in [0.3, 0.4) is 0 Å². The number of carboxylic acid groups (broad SMARTS) is 1. The van der Waals surface area contributed by atoms with Gasteiger partial charge in [0.15, 0.2) is 5.82 Å². The van der Waals surface area contributed by atoms with E-state index in [-0.39, 0.29) is 16.5 Å². The van der Waals surface area contributed by atoms with Gasteiger partial charge in [-0.05, 0) is 12.1 Å². The molecule has 4 nitrogen and oxygen atoms in total. The summed E-state index contributed by atoms with van der Waals surface area (Å²) in [5.74, 6) is -2.00. The van der Waals surface area contributed by atoms with Crippen molar-refractivity contribution in [2.75, 3.05) is 11.6 Å². The lowest BCUT2D eigenvalue weighted by molar-refractivity contribution is -0.140. The van der Waals surface area contributed by atoms with Gasteiger partial charge in [-0.3, -0.25) is 4.79 Å². The van der Waals surface area contributed by atoms with Gasteiger partial charge in [-0.15, -0.1) is 11.8 Å². The Morgan fingerprint density at radius 1 is 1.50 bits per heavy atom. The van der Waals surface area contributed by atoms with Gasteiger partial charge in [0.2, 0.25) is 0 Å². The number of benzene rings is 1. The van der Waals surface area contributed by atoms with E-state index >= 15 is 0 Å². The largest absolute Gasteiger partial charge is 0.480 e. The number of hydrogen-bond donors (Lipinski definition) is 1. The van der Waals surface area contributed by atoms with E-state index < -0.39 is 23.7 Å². The third-order valence-electron chi connectivity index (χ3n) is 2.61. The Hall–Kier alpha value is -1.27. The Balaban J connectivity index is 2.31. The number of thioether (sulfide) groups is 1. The van der Waals surface area contributed by atoms with Crippen LogP contribution in [-0.4, -0.2) is 39.6 Å². The predicted molar refractivity (Wildman–Crippen MR) is 66.3 cm³/mol. The molecule has 1 aliphatic heterocycles. The summed E-state index contributed by atoms with van der Waals surface area (Å²) in [4.78, 5) is 24.2. The monoisotopic (exact) mass is 289 g/mol. The summed E-state index contributed by atoms with van der Waals surface area (Å²) in [7, 11) is 0. The first-order valence-electron chi connectivity index (χ1n) is 5.08. The highest BCUT2D eigenvalue weighted by atomic mass is 35.5. The van der Waals surface area contributed by atoms with Crippen LogP contribution < -0.4 is 0 Å². The molecular weight excluding hydrogens is 281 g/mol. The summed E-state index contributed by atoms with van der Waals surface area (Å²) in [6.45, 7) is 0. The summed E-state index contributed by atoms with van der Waals surface area (Å²) in [6, 6.07) is 3.17. The van der Waals surface area contributed by atoms with E-state index in [4.69, 9.17) is 16.7 Å². The third-order valence-corrected chi connectivity index (χ3v) is 3.91. The number of carbonyl (C=O) groups excluding carboxylic acids is 1. The SMILES string of the molecule is O=C(O)[C@@H]1CSCN1C(=O)c1cccc(Cl)c1F. The molecule has 1 heterocycles. The van der Waals surface area contributed by atoms with Crippen molar-refractivity contribution in [2.45, 2.75) is 6.04 Å². The molecule has 0 unspecified atom stereocenters. The van der Waals surface area contributed by atoms with Crippen LogP contribution in [-0.2, 0) is 4.79 Å². The van der Waals surface area contributed by atoms with Crippen molar-refractivity contribution in [1.29, 1.82) is 0 Å². The fourth-order valence-electron chi connectivity index (χ4n) is 1.67. The van der Waals surface area contributed by atoms with Crippen molar-refractivity contribution in [3.63, 3.8) is 0 Å². The molecule has 0 aromatic heterocycles. The molecule has 1 aliphatic rings. The Bertz CT molecular complexity index is 511. The van der Waals surface area contributed by atoms with Crippen LogP contribution in [0.2, 0.25) is 5.02 Å². The summed E-state index contributed by atoms with van der Waals surface area (Å²) in [6.07, 6.45) is 0. The average Bonchev–Trinajstić information content (AvgIpc) is 2.81. The van der Waals surface area contributed by atoms with Crippen molar-refractivity contribution < 1.29 is 19.1 Å². The molecule has 0 saturated carbocycles. The van der Waals surface area contributed by atoms with Crippen molar-refractivity contribution in [3.8, 4) is 0 Å². The third kappa shape index (κ3) is 2.30. The first-order chi connectivity index (χ1) is 8.52. The van der Waals surface area contributed by atoms with Crippen molar-refractivity contribution >= 4 is 35.2 Å². The lowest BCUT2D eigenvalue weighted by Gasteiger charge is -2.20. The van der Waals surface area contributed by atoms with Crippen molar-refractivity contribution in [3.05, 3.63) is 34.6 Å². The van der Waals surface area contributed by atoms with Crippen LogP contribution in [0.25, 0.3) is 0 Å². The zero-order valence-corrected chi connectivity index (χ0v) is 10.7. The fourth-order valence-corrected chi connectivity index (χ4v) is 2.99. The van der Waals surface area contributed by atoms with E-state index in [1.807, 2.05) is 0 Å². The standard InChI is InChI=1S/C11H9ClFNO3S/c12-7-3-1-2-6(9(7)13)10(15)14-5-18-4-8(14)11(16)17/h1-3,8H,4-5H2,(H,16,17)/t8-/m0/s1. The highest BCUT2D eigenvalue weighted by molar-refractivity contribution is 7.99. The van der Waals surface area contributed by atoms with E-state index in [2.05, 4.69) is 0 Å². The van der Waals surface area contributed by atoms with Gasteiger partial charge in [0.1, 0.15) is 6.04 Å². The van der Waals surface area contributed by atoms with Crippen LogP contribution >= 0.6 is 23.4 Å². The van der Waals surface area contributed by atoms with Gasteiger partial charge in [-0.2, -0.15) is 0 Å². The molecule has 0 aliphatic carbocycles. The number of halogens is 2. The van der Waals surface area contributed by atoms with Crippen LogP contribution in [0.15, 0.2) is 18.2 Å². The first-order valence-corrected chi connectivity index (χ1v) is 6.61. The van der Waals surface area contributed by atoms with Crippen LogP contribution in [0.5, 0.6) is 0 Å². The maximum Gasteiger partial charge on any atom is 0.327 e. The molecule has 1 atom stereocenters. The highest BCUT2D eigenvalue weighted by Crippen LogP contribution is 2.26. The van der Waals surface area contributed by atoms with Gasteiger partial charge in [0.05, 0.1) is 16.5 Å². The van der Waals surface area contributed by atoms with Gasteiger partial charge >= 0.3 is 5.97 Å². The Kier molecular flexibility index (Phi) is 3.77. The normalized spacial score (nSPS) is 19.0. The maximum atomic E-state index is 13.7. The molecular formula is C11H9ClFNO3S. The summed E-state index contributed by atoms with van der Waals surface area (Å²) < 4.78 is 13.7. The zero-order chi connectivity index (χ0) is 13.3. The average molecular weight is 290 g/mol. The van der Waals surface area contributed by atoms with Crippen molar-refractivity contribution in [2.24, 2.45) is 0 Å². The number of carboxylic acids is 1. The molecule has 0 radical (unpaired) electrons. The van der Waals surface area contributed by atoms with Crippen LogP contribution in [0, 0.1) is 5.82 Å². The number of rotatable bonds is 2. The zero-order valence-electron chi connectivity index (χ0n) is 9.10. The number of carbonyl (C=O) groups is 2. The fraction of sp³-hybridized carbons (Fsp3) is 0.273. The number of nitrogens with zero attached hydrogens (tertiary/aromatic N) is 1. The van der Waals surface area contributed by atoms with Gasteiger partial charge in [0.25, 0.3) is 5.91 Å². The molecule has 1 fully saturated rings. The number of amides is 1. The molecule has 0 spiro atoms. The minimum atomic E-state index is -1.09. The second kappa shape index (κ2) is 5.16. The summed E-state index contributed by atoms with van der Waals surface area (Å²) in [5.41, 5.74) is -0.198. The molecule has 7 heteroatoms. The lowest BCUT2D eigenvalue weighted by Crippen LogP contribution is -2.42. The molecule has 18 heavy (non-hydrogen) atoms. The van der Waals surface area contributed by atoms with E-state index in [0.29, 0.717) is 5.75 Å². The first kappa shape index (κ1) is 13.2. The van der Waals surface area contributed by atoms with E-state index in [9.17, 15) is 14.0 Å². The quantitative estimate of drug-likeness (QED) is 0.905. The van der Waals surface area contributed by atoms with Crippen LogP contribution in [0.1, 0.15) is 10.4 Å². The van der Waals surface area contributed by atoms with E-state index in [1.165, 1.54) is 30.0 Å². The second-order valence-electron chi connectivity index (χ2n) is 3.73. The Labute approximate surface area is 112 Å². The molecule has 1 N–H and O–H groups in total. The summed E-state index contributed by atoms with van der Waals surface area (Å²) in [5, 5.41) is 8.82. The highest BCUT2D eigenvalue weighted by Gasteiger charge is 2.36. The molecule has 1 saturated heterocycles. The molecule has 1 aromatic carbocycles. The van der Waals surface area contributed by atoms with E-state index in [0.717, 1.165) is 4.90 Å².